The maximum atomic E-state index is 11.9. The third-order valence-electron chi connectivity index (χ3n) is 3.20. The number of nitrogens with zero attached hydrogens (tertiary/aromatic N) is 1. The first-order chi connectivity index (χ1) is 10.5. The molecule has 0 unspecified atom stereocenters. The van der Waals surface area contributed by atoms with Gasteiger partial charge in [-0.05, 0) is 37.6 Å². The Morgan fingerprint density at radius 3 is 2.18 bits per heavy atom. The van der Waals surface area contributed by atoms with E-state index in [1.807, 2.05) is 43.0 Å². The second-order valence-corrected chi connectivity index (χ2v) is 5.42. The van der Waals surface area contributed by atoms with Gasteiger partial charge in [0.1, 0.15) is 0 Å². The van der Waals surface area contributed by atoms with Crippen LogP contribution in [0.15, 0.2) is 24.3 Å². The van der Waals surface area contributed by atoms with Crippen LogP contribution in [-0.2, 0) is 16.0 Å². The summed E-state index contributed by atoms with van der Waals surface area (Å²) in [5, 5.41) is 6.31. The fourth-order valence-corrected chi connectivity index (χ4v) is 2.12. The van der Waals surface area contributed by atoms with E-state index >= 15 is 0 Å². The second kappa shape index (κ2) is 10.2. The van der Waals surface area contributed by atoms with Gasteiger partial charge < -0.3 is 10.6 Å². The minimum absolute atomic E-state index is 0.0571. The van der Waals surface area contributed by atoms with Crippen molar-refractivity contribution in [2.45, 2.75) is 20.3 Å². The highest BCUT2D eigenvalue weighted by Crippen LogP contribution is 2.09. The number of halogens is 1. The number of hydrogen-bond donors (Lipinski definition) is 2. The third kappa shape index (κ3) is 7.43. The molecule has 5 nitrogen and oxygen atoms in total. The minimum atomic E-state index is -0.0693. The molecule has 0 aliphatic heterocycles. The van der Waals surface area contributed by atoms with Gasteiger partial charge in [0, 0.05) is 18.1 Å². The van der Waals surface area contributed by atoms with Gasteiger partial charge in [-0.25, -0.2) is 0 Å². The van der Waals surface area contributed by atoms with Gasteiger partial charge >= 0.3 is 0 Å². The number of benzene rings is 1. The van der Waals surface area contributed by atoms with Crippen LogP contribution >= 0.6 is 11.6 Å². The van der Waals surface area contributed by atoms with E-state index in [4.69, 9.17) is 11.6 Å². The monoisotopic (exact) mass is 325 g/mol. The summed E-state index contributed by atoms with van der Waals surface area (Å²) in [5.41, 5.74) is 1.12. The predicted octanol–water partition coefficient (Wildman–Crippen LogP) is 1.46. The van der Waals surface area contributed by atoms with Crippen molar-refractivity contribution >= 4 is 23.4 Å². The molecule has 0 bridgehead atoms. The Morgan fingerprint density at radius 1 is 1.05 bits per heavy atom. The molecule has 0 heterocycles. The molecular weight excluding hydrogens is 302 g/mol. The molecule has 0 fully saturated rings. The van der Waals surface area contributed by atoms with E-state index in [-0.39, 0.29) is 24.9 Å². The van der Waals surface area contributed by atoms with E-state index in [1.165, 1.54) is 0 Å². The van der Waals surface area contributed by atoms with Crippen LogP contribution in [0.3, 0.4) is 0 Å². The number of nitrogens with one attached hydrogen (secondary N) is 2. The second-order valence-electron chi connectivity index (χ2n) is 4.98. The van der Waals surface area contributed by atoms with Crippen LogP contribution in [0.4, 0.5) is 0 Å². The molecular formula is C16H24ClN3O2. The molecule has 0 spiro atoms. The molecule has 122 valence electrons. The molecule has 1 aromatic rings. The summed E-state index contributed by atoms with van der Waals surface area (Å²) in [6, 6.07) is 7.57. The Hall–Kier alpha value is -1.59. The lowest BCUT2D eigenvalue weighted by molar-refractivity contribution is -0.125. The average Bonchev–Trinajstić information content (AvgIpc) is 2.49. The van der Waals surface area contributed by atoms with Crippen LogP contribution in [0.5, 0.6) is 0 Å². The maximum Gasteiger partial charge on any atom is 0.234 e. The van der Waals surface area contributed by atoms with Crippen molar-refractivity contribution in [2.75, 3.05) is 32.7 Å². The van der Waals surface area contributed by atoms with Crippen molar-refractivity contribution in [2.24, 2.45) is 0 Å². The largest absolute Gasteiger partial charge is 0.355 e. The minimum Gasteiger partial charge on any atom is -0.355 e. The summed E-state index contributed by atoms with van der Waals surface area (Å²) < 4.78 is 0. The van der Waals surface area contributed by atoms with Gasteiger partial charge in [0.25, 0.3) is 0 Å². The lowest BCUT2D eigenvalue weighted by atomic mass is 10.1. The SMILES string of the molecule is CCNC(=O)CN(CC)CC(=O)NCCc1ccc(Cl)cc1. The topological polar surface area (TPSA) is 61.4 Å². The highest BCUT2D eigenvalue weighted by atomic mass is 35.5. The molecule has 0 aliphatic carbocycles. The number of amides is 2. The van der Waals surface area contributed by atoms with Gasteiger partial charge in [-0.15, -0.1) is 0 Å². The predicted molar refractivity (Wildman–Crippen MR) is 89.0 cm³/mol. The Kier molecular flexibility index (Phi) is 8.55. The van der Waals surface area contributed by atoms with E-state index in [0.717, 1.165) is 12.0 Å². The fraction of sp³-hybridized carbons (Fsp3) is 0.500. The summed E-state index contributed by atoms with van der Waals surface area (Å²) in [7, 11) is 0. The molecule has 0 atom stereocenters. The Bertz CT molecular complexity index is 477. The van der Waals surface area contributed by atoms with Gasteiger partial charge in [-0.2, -0.15) is 0 Å². The molecule has 2 amide bonds. The highest BCUT2D eigenvalue weighted by Gasteiger charge is 2.12. The Labute approximate surface area is 137 Å². The summed E-state index contributed by atoms with van der Waals surface area (Å²) in [4.78, 5) is 25.2. The zero-order valence-electron chi connectivity index (χ0n) is 13.2. The molecule has 1 rings (SSSR count). The van der Waals surface area contributed by atoms with Crippen LogP contribution in [0.2, 0.25) is 5.02 Å². The summed E-state index contributed by atoms with van der Waals surface area (Å²) >= 11 is 5.83. The van der Waals surface area contributed by atoms with Crippen LogP contribution in [-0.4, -0.2) is 49.4 Å². The van der Waals surface area contributed by atoms with Crippen molar-refractivity contribution in [3.63, 3.8) is 0 Å². The Morgan fingerprint density at radius 2 is 1.64 bits per heavy atom. The number of hydrogen-bond acceptors (Lipinski definition) is 3. The standard InChI is InChI=1S/C16H24ClN3O2/c1-3-18-15(21)11-20(4-2)12-16(22)19-10-9-13-5-7-14(17)8-6-13/h5-8H,3-4,9-12H2,1-2H3,(H,18,21)(H,19,22). The van der Waals surface area contributed by atoms with Gasteiger partial charge in [0.05, 0.1) is 13.1 Å². The zero-order valence-corrected chi connectivity index (χ0v) is 13.9. The molecule has 22 heavy (non-hydrogen) atoms. The molecule has 2 N–H and O–H groups in total. The molecule has 1 aromatic carbocycles. The third-order valence-corrected chi connectivity index (χ3v) is 3.46. The lowest BCUT2D eigenvalue weighted by Gasteiger charge is -2.19. The van der Waals surface area contributed by atoms with Crippen LogP contribution in [0, 0.1) is 0 Å². The van der Waals surface area contributed by atoms with Gasteiger partial charge in [0.2, 0.25) is 11.8 Å². The van der Waals surface area contributed by atoms with E-state index in [0.29, 0.717) is 24.7 Å². The molecule has 0 radical (unpaired) electrons. The number of rotatable bonds is 9. The van der Waals surface area contributed by atoms with Crippen molar-refractivity contribution < 1.29 is 9.59 Å². The number of carbonyl (C=O) groups is 2. The lowest BCUT2D eigenvalue weighted by Crippen LogP contribution is -2.43. The first-order valence-electron chi connectivity index (χ1n) is 7.55. The molecule has 6 heteroatoms. The van der Waals surface area contributed by atoms with E-state index in [9.17, 15) is 9.59 Å². The van der Waals surface area contributed by atoms with Gasteiger partial charge in [-0.1, -0.05) is 30.7 Å². The summed E-state index contributed by atoms with van der Waals surface area (Å²) in [5.74, 6) is -0.126. The van der Waals surface area contributed by atoms with Crippen LogP contribution in [0.1, 0.15) is 19.4 Å². The number of likely N-dealkylation sites (N-methyl/N-ethyl adjacent to an activating group) is 2. The quantitative estimate of drug-likeness (QED) is 0.722. The van der Waals surface area contributed by atoms with Crippen molar-refractivity contribution in [1.82, 2.24) is 15.5 Å². The van der Waals surface area contributed by atoms with Crippen molar-refractivity contribution in [3.8, 4) is 0 Å². The van der Waals surface area contributed by atoms with Crippen LogP contribution < -0.4 is 10.6 Å². The van der Waals surface area contributed by atoms with Crippen molar-refractivity contribution in [1.29, 1.82) is 0 Å². The van der Waals surface area contributed by atoms with E-state index in [2.05, 4.69) is 10.6 Å². The van der Waals surface area contributed by atoms with E-state index in [1.54, 1.807) is 0 Å². The van der Waals surface area contributed by atoms with Crippen molar-refractivity contribution in [3.05, 3.63) is 34.9 Å². The summed E-state index contributed by atoms with van der Waals surface area (Å²) in [6.45, 7) is 6.10. The molecule has 0 saturated carbocycles. The highest BCUT2D eigenvalue weighted by molar-refractivity contribution is 6.30. The first kappa shape index (κ1) is 18.5. The van der Waals surface area contributed by atoms with E-state index < -0.39 is 0 Å². The van der Waals surface area contributed by atoms with Gasteiger partial charge in [0.15, 0.2) is 0 Å². The Balaban J connectivity index is 2.29. The smallest absolute Gasteiger partial charge is 0.234 e. The number of carbonyl (C=O) groups excluding carboxylic acids is 2. The first-order valence-corrected chi connectivity index (χ1v) is 7.93. The summed E-state index contributed by atoms with van der Waals surface area (Å²) in [6.07, 6.45) is 0.755. The molecule has 0 saturated heterocycles. The molecule has 0 aromatic heterocycles. The zero-order chi connectivity index (χ0) is 16.4. The normalized spacial score (nSPS) is 10.5. The average molecular weight is 326 g/mol. The fourth-order valence-electron chi connectivity index (χ4n) is 1.99. The van der Waals surface area contributed by atoms with Gasteiger partial charge in [-0.3, -0.25) is 14.5 Å². The van der Waals surface area contributed by atoms with Crippen LogP contribution in [0.25, 0.3) is 0 Å². The molecule has 0 aliphatic rings. The maximum absolute atomic E-state index is 11.9.